The molecule has 0 unspecified atom stereocenters. The Morgan fingerprint density at radius 3 is 2.63 bits per heavy atom. The lowest BCUT2D eigenvalue weighted by Gasteiger charge is -2.22. The van der Waals surface area contributed by atoms with Crippen molar-refractivity contribution in [1.29, 1.82) is 5.26 Å². The molecular weight excluding hydrogens is 344 g/mol. The first kappa shape index (κ1) is 20.5. The fraction of sp³-hybridized carbons (Fsp3) is 0.476. The van der Waals surface area contributed by atoms with Gasteiger partial charge in [0.1, 0.15) is 11.8 Å². The second-order valence-electron chi connectivity index (χ2n) is 6.68. The van der Waals surface area contributed by atoms with Gasteiger partial charge < -0.3 is 14.8 Å². The SMILES string of the molecule is C[C@@H](OC(=O)/C=C/c1ccc(OCC#N)cc1)C(=O)NCC1CCCCC1. The van der Waals surface area contributed by atoms with Gasteiger partial charge in [0.05, 0.1) is 0 Å². The highest BCUT2D eigenvalue weighted by atomic mass is 16.5. The van der Waals surface area contributed by atoms with Crippen LogP contribution in [-0.4, -0.2) is 31.1 Å². The van der Waals surface area contributed by atoms with Crippen molar-refractivity contribution in [3.63, 3.8) is 0 Å². The number of esters is 1. The molecule has 27 heavy (non-hydrogen) atoms. The lowest BCUT2D eigenvalue weighted by molar-refractivity contribution is -0.150. The highest BCUT2D eigenvalue weighted by Crippen LogP contribution is 2.22. The molecule has 6 heteroatoms. The fourth-order valence-electron chi connectivity index (χ4n) is 3.00. The van der Waals surface area contributed by atoms with Crippen LogP contribution in [0.2, 0.25) is 0 Å². The van der Waals surface area contributed by atoms with Crippen LogP contribution in [0, 0.1) is 17.2 Å². The maximum Gasteiger partial charge on any atom is 0.331 e. The zero-order valence-electron chi connectivity index (χ0n) is 15.6. The van der Waals surface area contributed by atoms with Crippen molar-refractivity contribution in [3.05, 3.63) is 35.9 Å². The molecule has 0 aliphatic heterocycles. The average Bonchev–Trinajstić information content (AvgIpc) is 2.70. The number of hydrogen-bond acceptors (Lipinski definition) is 5. The Bertz CT molecular complexity index is 685. The summed E-state index contributed by atoms with van der Waals surface area (Å²) in [6.07, 6.45) is 8.09. The van der Waals surface area contributed by atoms with Crippen molar-refractivity contribution >= 4 is 18.0 Å². The highest BCUT2D eigenvalue weighted by molar-refractivity contribution is 5.90. The van der Waals surface area contributed by atoms with Crippen molar-refractivity contribution in [2.24, 2.45) is 5.92 Å². The predicted octanol–water partition coefficient (Wildman–Crippen LogP) is 3.23. The van der Waals surface area contributed by atoms with Crippen LogP contribution in [0.5, 0.6) is 5.75 Å². The quantitative estimate of drug-likeness (QED) is 0.561. The summed E-state index contributed by atoms with van der Waals surface area (Å²) in [7, 11) is 0. The van der Waals surface area contributed by atoms with E-state index in [2.05, 4.69) is 5.32 Å². The third kappa shape index (κ3) is 7.53. The van der Waals surface area contributed by atoms with E-state index in [4.69, 9.17) is 14.7 Å². The van der Waals surface area contributed by atoms with E-state index in [0.717, 1.165) is 18.4 Å². The van der Waals surface area contributed by atoms with Gasteiger partial charge in [-0.15, -0.1) is 0 Å². The minimum atomic E-state index is -0.826. The first-order chi connectivity index (χ1) is 13.1. The van der Waals surface area contributed by atoms with E-state index in [1.54, 1.807) is 37.3 Å². The second-order valence-corrected chi connectivity index (χ2v) is 6.68. The third-order valence-corrected chi connectivity index (χ3v) is 4.55. The summed E-state index contributed by atoms with van der Waals surface area (Å²) in [5.41, 5.74) is 0.783. The molecule has 1 amide bonds. The Hall–Kier alpha value is -2.81. The maximum absolute atomic E-state index is 12.1. The Morgan fingerprint density at radius 1 is 1.26 bits per heavy atom. The molecule has 6 nitrogen and oxygen atoms in total. The summed E-state index contributed by atoms with van der Waals surface area (Å²) in [5.74, 6) is 0.284. The van der Waals surface area contributed by atoms with E-state index < -0.39 is 12.1 Å². The number of rotatable bonds is 8. The molecule has 1 saturated carbocycles. The number of hydrogen-bond donors (Lipinski definition) is 1. The van der Waals surface area contributed by atoms with Crippen LogP contribution in [0.4, 0.5) is 0 Å². The van der Waals surface area contributed by atoms with E-state index in [1.807, 2.05) is 6.07 Å². The monoisotopic (exact) mass is 370 g/mol. The van der Waals surface area contributed by atoms with Crippen LogP contribution < -0.4 is 10.1 Å². The first-order valence-corrected chi connectivity index (χ1v) is 9.34. The summed E-state index contributed by atoms with van der Waals surface area (Å²) in [4.78, 5) is 24.0. The molecule has 0 saturated heterocycles. The number of benzene rings is 1. The zero-order chi connectivity index (χ0) is 19.5. The summed E-state index contributed by atoms with van der Waals surface area (Å²) in [6, 6.07) is 8.84. The van der Waals surface area contributed by atoms with Crippen LogP contribution in [-0.2, 0) is 14.3 Å². The molecule has 0 aromatic heterocycles. The van der Waals surface area contributed by atoms with Gasteiger partial charge in [-0.1, -0.05) is 31.4 Å². The number of nitriles is 1. The fourth-order valence-corrected chi connectivity index (χ4v) is 3.00. The minimum absolute atomic E-state index is 0.0117. The molecule has 1 aromatic carbocycles. The minimum Gasteiger partial charge on any atom is -0.479 e. The van der Waals surface area contributed by atoms with Crippen molar-refractivity contribution in [3.8, 4) is 11.8 Å². The molecule has 0 bridgehead atoms. The van der Waals surface area contributed by atoms with Gasteiger partial charge in [-0.25, -0.2) is 4.79 Å². The van der Waals surface area contributed by atoms with Gasteiger partial charge in [0.2, 0.25) is 0 Å². The Labute approximate surface area is 160 Å². The van der Waals surface area contributed by atoms with Gasteiger partial charge in [0.25, 0.3) is 5.91 Å². The Kier molecular flexibility index (Phi) is 8.37. The lowest BCUT2D eigenvalue weighted by atomic mass is 9.89. The standard InChI is InChI=1S/C21H26N2O4/c1-16(21(25)23-15-18-5-3-2-4-6-18)27-20(24)12-9-17-7-10-19(11-8-17)26-14-13-22/h7-12,16,18H,2-6,14-15H2,1H3,(H,23,25)/b12-9+/t16-/m1/s1. The van der Waals surface area contributed by atoms with E-state index in [-0.39, 0.29) is 12.5 Å². The van der Waals surface area contributed by atoms with Crippen LogP contribution in [0.15, 0.2) is 30.3 Å². The second kappa shape index (κ2) is 11.0. The van der Waals surface area contributed by atoms with Crippen molar-refractivity contribution in [2.45, 2.75) is 45.1 Å². The number of carbonyl (C=O) groups is 2. The molecule has 1 aliphatic carbocycles. The topological polar surface area (TPSA) is 88.4 Å². The number of nitrogens with zero attached hydrogens (tertiary/aromatic N) is 1. The molecule has 0 heterocycles. The Morgan fingerprint density at radius 2 is 1.96 bits per heavy atom. The molecular formula is C21H26N2O4. The van der Waals surface area contributed by atoms with Crippen molar-refractivity contribution < 1.29 is 19.1 Å². The van der Waals surface area contributed by atoms with Crippen molar-refractivity contribution in [1.82, 2.24) is 5.32 Å². The zero-order valence-corrected chi connectivity index (χ0v) is 15.6. The summed E-state index contributed by atoms with van der Waals surface area (Å²) < 4.78 is 10.3. The normalized spacial score (nSPS) is 15.7. The van der Waals surface area contributed by atoms with Gasteiger partial charge in [-0.3, -0.25) is 4.79 Å². The number of nitrogens with one attached hydrogen (secondary N) is 1. The smallest absolute Gasteiger partial charge is 0.331 e. The molecule has 1 N–H and O–H groups in total. The van der Waals surface area contributed by atoms with Crippen LogP contribution in [0.1, 0.15) is 44.6 Å². The molecule has 1 fully saturated rings. The average molecular weight is 370 g/mol. The molecule has 1 aromatic rings. The molecule has 0 radical (unpaired) electrons. The predicted molar refractivity (Wildman–Crippen MR) is 102 cm³/mol. The van der Waals surface area contributed by atoms with Gasteiger partial charge in [0, 0.05) is 12.6 Å². The Balaban J connectivity index is 1.73. The maximum atomic E-state index is 12.1. The highest BCUT2D eigenvalue weighted by Gasteiger charge is 2.19. The van der Waals surface area contributed by atoms with Gasteiger partial charge in [0.15, 0.2) is 12.7 Å². The van der Waals surface area contributed by atoms with Gasteiger partial charge in [-0.05, 0) is 49.5 Å². The largest absolute Gasteiger partial charge is 0.479 e. The van der Waals surface area contributed by atoms with E-state index in [0.29, 0.717) is 18.2 Å². The number of carbonyl (C=O) groups excluding carboxylic acids is 2. The van der Waals surface area contributed by atoms with Crippen LogP contribution in [0.25, 0.3) is 6.08 Å². The van der Waals surface area contributed by atoms with Crippen LogP contribution >= 0.6 is 0 Å². The van der Waals surface area contributed by atoms with Gasteiger partial charge >= 0.3 is 5.97 Å². The van der Waals surface area contributed by atoms with E-state index >= 15 is 0 Å². The summed E-state index contributed by atoms with van der Waals surface area (Å²) >= 11 is 0. The van der Waals surface area contributed by atoms with E-state index in [1.165, 1.54) is 25.3 Å². The molecule has 0 spiro atoms. The molecule has 2 rings (SSSR count). The first-order valence-electron chi connectivity index (χ1n) is 9.34. The third-order valence-electron chi connectivity index (χ3n) is 4.55. The lowest BCUT2D eigenvalue weighted by Crippen LogP contribution is -2.38. The van der Waals surface area contributed by atoms with Crippen molar-refractivity contribution in [2.75, 3.05) is 13.2 Å². The number of ether oxygens (including phenoxy) is 2. The summed E-state index contributed by atoms with van der Waals surface area (Å²) in [5, 5.41) is 11.3. The molecule has 1 aliphatic rings. The summed E-state index contributed by atoms with van der Waals surface area (Å²) in [6.45, 7) is 2.21. The molecule has 144 valence electrons. The number of amides is 1. The van der Waals surface area contributed by atoms with E-state index in [9.17, 15) is 9.59 Å². The molecule has 1 atom stereocenters. The van der Waals surface area contributed by atoms with Crippen LogP contribution in [0.3, 0.4) is 0 Å². The van der Waals surface area contributed by atoms with Gasteiger partial charge in [-0.2, -0.15) is 5.26 Å².